The number of hydrogen-bond donors (Lipinski definition) is 2. The first-order valence-electron chi connectivity index (χ1n) is 5.08. The summed E-state index contributed by atoms with van der Waals surface area (Å²) in [6, 6.07) is 2.77. The largest absolute Gasteiger partial charge is 0.411 e. The maximum absolute atomic E-state index is 11.7. The Balaban J connectivity index is 2.39. The van der Waals surface area contributed by atoms with E-state index < -0.39 is 22.8 Å². The third kappa shape index (κ3) is 5.87. The molecule has 1 aromatic heterocycles. The predicted molar refractivity (Wildman–Crippen MR) is 62.3 cm³/mol. The minimum atomic E-state index is -4.43. The van der Waals surface area contributed by atoms with Gasteiger partial charge in [-0.2, -0.15) is 13.2 Å². The van der Waals surface area contributed by atoms with Crippen LogP contribution in [0.25, 0.3) is 0 Å². The predicted octanol–water partition coefficient (Wildman–Crippen LogP) is 1.10. The molecule has 0 spiro atoms. The van der Waals surface area contributed by atoms with E-state index >= 15 is 0 Å². The molecule has 0 unspecified atom stereocenters. The monoisotopic (exact) mass is 319 g/mol. The SMILES string of the molecule is O=S(=O)(NCCOCC(F)(F)F)c1ccc(CO)s1. The molecule has 0 aliphatic heterocycles. The number of thiophene rings is 1. The lowest BCUT2D eigenvalue weighted by Crippen LogP contribution is -2.28. The van der Waals surface area contributed by atoms with Crippen LogP contribution in [-0.4, -0.2) is 39.5 Å². The van der Waals surface area contributed by atoms with Gasteiger partial charge in [0.1, 0.15) is 10.8 Å². The topological polar surface area (TPSA) is 75.6 Å². The number of ether oxygens (including phenoxy) is 1. The van der Waals surface area contributed by atoms with Gasteiger partial charge >= 0.3 is 6.18 Å². The summed E-state index contributed by atoms with van der Waals surface area (Å²) in [4.78, 5) is 0.480. The molecule has 1 rings (SSSR count). The van der Waals surface area contributed by atoms with E-state index in [0.29, 0.717) is 4.88 Å². The average molecular weight is 319 g/mol. The van der Waals surface area contributed by atoms with Crippen molar-refractivity contribution in [2.24, 2.45) is 0 Å². The van der Waals surface area contributed by atoms with E-state index in [1.54, 1.807) is 0 Å². The Hall–Kier alpha value is -0.680. The minimum absolute atomic E-state index is 0.00706. The summed E-state index contributed by atoms with van der Waals surface area (Å²) in [6.45, 7) is -2.32. The maximum atomic E-state index is 11.7. The second kappa shape index (κ2) is 6.66. The second-order valence-corrected chi connectivity index (χ2v) is 6.61. The molecule has 0 saturated carbocycles. The minimum Gasteiger partial charge on any atom is -0.391 e. The van der Waals surface area contributed by atoms with Gasteiger partial charge < -0.3 is 9.84 Å². The van der Waals surface area contributed by atoms with Gasteiger partial charge in [-0.15, -0.1) is 11.3 Å². The first-order chi connectivity index (χ1) is 8.74. The lowest BCUT2D eigenvalue weighted by atomic mass is 10.5. The Morgan fingerprint density at radius 3 is 2.58 bits per heavy atom. The van der Waals surface area contributed by atoms with Gasteiger partial charge in [-0.1, -0.05) is 0 Å². The molecule has 1 heterocycles. The standard InChI is InChI=1S/C9H12F3NO4S2/c10-9(11,12)6-17-4-3-13-19(15,16)8-2-1-7(5-14)18-8/h1-2,13-14H,3-6H2. The van der Waals surface area contributed by atoms with Crippen molar-refractivity contribution >= 4 is 21.4 Å². The van der Waals surface area contributed by atoms with Gasteiger partial charge in [-0.25, -0.2) is 13.1 Å². The Bertz CT molecular complexity index is 498. The molecule has 0 saturated heterocycles. The quantitative estimate of drug-likeness (QED) is 0.738. The number of rotatable bonds is 7. The van der Waals surface area contributed by atoms with E-state index in [9.17, 15) is 21.6 Å². The van der Waals surface area contributed by atoms with E-state index in [4.69, 9.17) is 5.11 Å². The molecule has 19 heavy (non-hydrogen) atoms. The number of alkyl halides is 3. The highest BCUT2D eigenvalue weighted by Gasteiger charge is 2.27. The van der Waals surface area contributed by atoms with Crippen LogP contribution < -0.4 is 4.72 Å². The smallest absolute Gasteiger partial charge is 0.391 e. The van der Waals surface area contributed by atoms with Gasteiger partial charge in [0.15, 0.2) is 0 Å². The van der Waals surface area contributed by atoms with Crippen LogP contribution in [0.4, 0.5) is 13.2 Å². The summed E-state index contributed by atoms with van der Waals surface area (Å²) in [5.74, 6) is 0. The number of sulfonamides is 1. The molecule has 10 heteroatoms. The third-order valence-electron chi connectivity index (χ3n) is 1.86. The summed E-state index contributed by atoms with van der Waals surface area (Å²) in [5, 5.41) is 8.81. The van der Waals surface area contributed by atoms with Gasteiger partial charge in [0.05, 0.1) is 13.2 Å². The van der Waals surface area contributed by atoms with Crippen LogP contribution in [0.1, 0.15) is 4.88 Å². The Morgan fingerprint density at radius 1 is 1.37 bits per heavy atom. The Labute approximate surface area is 112 Å². The maximum Gasteiger partial charge on any atom is 0.411 e. The fraction of sp³-hybridized carbons (Fsp3) is 0.556. The zero-order chi connectivity index (χ0) is 14.5. The highest BCUT2D eigenvalue weighted by molar-refractivity contribution is 7.91. The van der Waals surface area contributed by atoms with Crippen molar-refractivity contribution in [3.8, 4) is 0 Å². The molecule has 0 fully saturated rings. The number of halogens is 3. The van der Waals surface area contributed by atoms with Gasteiger partial charge in [0.25, 0.3) is 0 Å². The van der Waals surface area contributed by atoms with E-state index in [1.807, 2.05) is 0 Å². The number of nitrogens with one attached hydrogen (secondary N) is 1. The van der Waals surface area contributed by atoms with E-state index in [-0.39, 0.29) is 24.0 Å². The van der Waals surface area contributed by atoms with Gasteiger partial charge in [-0.05, 0) is 12.1 Å². The second-order valence-electron chi connectivity index (χ2n) is 3.44. The summed E-state index contributed by atoms with van der Waals surface area (Å²) in [6.07, 6.45) is -4.43. The molecule has 110 valence electrons. The van der Waals surface area contributed by atoms with E-state index in [0.717, 1.165) is 11.3 Å². The third-order valence-corrected chi connectivity index (χ3v) is 4.88. The number of hydrogen-bond acceptors (Lipinski definition) is 5. The zero-order valence-electron chi connectivity index (χ0n) is 9.61. The summed E-state index contributed by atoms with van der Waals surface area (Å²) < 4.78 is 64.9. The van der Waals surface area contributed by atoms with Crippen molar-refractivity contribution in [1.29, 1.82) is 0 Å². The molecule has 0 amide bonds. The fourth-order valence-corrected chi connectivity index (χ4v) is 3.37. The van der Waals surface area contributed by atoms with Gasteiger partial charge in [0.2, 0.25) is 10.0 Å². The fourth-order valence-electron chi connectivity index (χ4n) is 1.09. The summed E-state index contributed by atoms with van der Waals surface area (Å²) >= 11 is 0.887. The van der Waals surface area contributed by atoms with Crippen LogP contribution in [0.2, 0.25) is 0 Å². The summed E-state index contributed by atoms with van der Waals surface area (Å²) in [5.41, 5.74) is 0. The molecule has 0 aromatic carbocycles. The van der Waals surface area contributed by atoms with E-state index in [2.05, 4.69) is 9.46 Å². The normalized spacial score (nSPS) is 12.8. The molecular weight excluding hydrogens is 307 g/mol. The van der Waals surface area contributed by atoms with Crippen molar-refractivity contribution in [3.63, 3.8) is 0 Å². The molecule has 0 aliphatic rings. The molecule has 1 aromatic rings. The van der Waals surface area contributed by atoms with Crippen molar-refractivity contribution in [2.75, 3.05) is 19.8 Å². The molecule has 0 aliphatic carbocycles. The molecule has 0 radical (unpaired) electrons. The molecule has 0 atom stereocenters. The van der Waals surface area contributed by atoms with Gasteiger partial charge in [0, 0.05) is 11.4 Å². The van der Waals surface area contributed by atoms with Crippen molar-refractivity contribution in [1.82, 2.24) is 4.72 Å². The average Bonchev–Trinajstić information content (AvgIpc) is 2.76. The lowest BCUT2D eigenvalue weighted by Gasteiger charge is -2.08. The summed E-state index contributed by atoms with van der Waals surface area (Å²) in [7, 11) is -3.77. The highest BCUT2D eigenvalue weighted by atomic mass is 32.2. The van der Waals surface area contributed by atoms with Crippen LogP contribution in [-0.2, 0) is 21.4 Å². The van der Waals surface area contributed by atoms with Crippen LogP contribution in [0.15, 0.2) is 16.3 Å². The Morgan fingerprint density at radius 2 is 2.05 bits per heavy atom. The number of aliphatic hydroxyl groups is 1. The van der Waals surface area contributed by atoms with Crippen molar-refractivity contribution < 1.29 is 31.4 Å². The van der Waals surface area contributed by atoms with Crippen molar-refractivity contribution in [3.05, 3.63) is 17.0 Å². The first kappa shape index (κ1) is 16.4. The lowest BCUT2D eigenvalue weighted by molar-refractivity contribution is -0.173. The molecule has 0 bridgehead atoms. The van der Waals surface area contributed by atoms with Gasteiger partial charge in [-0.3, -0.25) is 0 Å². The van der Waals surface area contributed by atoms with Crippen LogP contribution in [0, 0.1) is 0 Å². The zero-order valence-corrected chi connectivity index (χ0v) is 11.2. The highest BCUT2D eigenvalue weighted by Crippen LogP contribution is 2.21. The Kier molecular flexibility index (Phi) is 5.74. The molecule has 2 N–H and O–H groups in total. The molecule has 5 nitrogen and oxygen atoms in total. The van der Waals surface area contributed by atoms with Crippen LogP contribution >= 0.6 is 11.3 Å². The van der Waals surface area contributed by atoms with E-state index in [1.165, 1.54) is 12.1 Å². The van der Waals surface area contributed by atoms with Crippen LogP contribution in [0.5, 0.6) is 0 Å². The van der Waals surface area contributed by atoms with Crippen molar-refractivity contribution in [2.45, 2.75) is 17.0 Å². The van der Waals surface area contributed by atoms with Crippen LogP contribution in [0.3, 0.4) is 0 Å². The molecular formula is C9H12F3NO4S2. The first-order valence-corrected chi connectivity index (χ1v) is 7.38. The number of aliphatic hydroxyl groups excluding tert-OH is 1.